The highest BCUT2D eigenvalue weighted by molar-refractivity contribution is 4.94. The lowest BCUT2D eigenvalue weighted by atomic mass is 9.58. The Morgan fingerprint density at radius 3 is 2.44 bits per heavy atom. The molecule has 0 aromatic rings. The Balaban J connectivity index is 2.10. The van der Waals surface area contributed by atoms with E-state index in [0.717, 1.165) is 30.1 Å². The van der Waals surface area contributed by atoms with Crippen molar-refractivity contribution < 1.29 is 5.11 Å². The Labute approximate surface area is 101 Å². The number of hydrogen-bond acceptors (Lipinski definition) is 1. The Bertz CT molecular complexity index is 225. The second-order valence-electron chi connectivity index (χ2n) is 6.28. The highest BCUT2D eigenvalue weighted by Gasteiger charge is 2.44. The fourth-order valence-corrected chi connectivity index (χ4v) is 4.52. The highest BCUT2D eigenvalue weighted by Crippen LogP contribution is 2.49. The zero-order valence-electron chi connectivity index (χ0n) is 11.2. The second kappa shape index (κ2) is 5.08. The van der Waals surface area contributed by atoms with Gasteiger partial charge in [-0.25, -0.2) is 0 Å². The lowest BCUT2D eigenvalue weighted by Gasteiger charge is -2.49. The summed E-state index contributed by atoms with van der Waals surface area (Å²) in [7, 11) is 0. The summed E-state index contributed by atoms with van der Waals surface area (Å²) in [5.74, 6) is 3.86. The summed E-state index contributed by atoms with van der Waals surface area (Å²) in [4.78, 5) is 0. The van der Waals surface area contributed by atoms with E-state index in [1.807, 2.05) is 0 Å². The van der Waals surface area contributed by atoms with Crippen LogP contribution in [-0.4, -0.2) is 11.2 Å². The van der Waals surface area contributed by atoms with Crippen molar-refractivity contribution in [1.29, 1.82) is 0 Å². The molecule has 2 aliphatic carbocycles. The molecule has 0 aromatic carbocycles. The van der Waals surface area contributed by atoms with Crippen LogP contribution >= 0.6 is 0 Å². The minimum absolute atomic E-state index is 0.00333. The van der Waals surface area contributed by atoms with Gasteiger partial charge in [-0.1, -0.05) is 40.0 Å². The summed E-state index contributed by atoms with van der Waals surface area (Å²) in [6, 6.07) is 0. The molecule has 2 fully saturated rings. The maximum Gasteiger partial charge on any atom is 0.0576 e. The molecule has 0 spiro atoms. The summed E-state index contributed by atoms with van der Waals surface area (Å²) < 4.78 is 0. The van der Waals surface area contributed by atoms with Crippen molar-refractivity contribution in [3.8, 4) is 0 Å². The van der Waals surface area contributed by atoms with Gasteiger partial charge in [0.1, 0.15) is 0 Å². The third kappa shape index (κ3) is 2.16. The molecule has 0 radical (unpaired) electrons. The molecule has 1 nitrogen and oxygen atoms in total. The first kappa shape index (κ1) is 12.4. The van der Waals surface area contributed by atoms with E-state index < -0.39 is 0 Å². The van der Waals surface area contributed by atoms with Crippen LogP contribution in [0.2, 0.25) is 0 Å². The number of fused-ring (bicyclic) bond motifs is 1. The van der Waals surface area contributed by atoms with Crippen molar-refractivity contribution in [3.05, 3.63) is 0 Å². The third-order valence-corrected chi connectivity index (χ3v) is 5.47. The largest absolute Gasteiger partial charge is 0.393 e. The van der Waals surface area contributed by atoms with Crippen LogP contribution in [0.15, 0.2) is 0 Å². The fourth-order valence-electron chi connectivity index (χ4n) is 4.52. The Morgan fingerprint density at radius 2 is 1.81 bits per heavy atom. The van der Waals surface area contributed by atoms with Crippen molar-refractivity contribution in [2.75, 3.05) is 0 Å². The van der Waals surface area contributed by atoms with Gasteiger partial charge in [-0.3, -0.25) is 0 Å². The molecule has 0 amide bonds. The van der Waals surface area contributed by atoms with Crippen LogP contribution in [0.1, 0.15) is 59.3 Å². The molecule has 94 valence electrons. The standard InChI is InChI=1S/C15H28O/c1-4-11-8-12-7-6-10(3)13(5-2)15(12)14(16)9-11/h10-16H,4-9H2,1-3H3/t10?,11-,12?,13?,14-,15?/m0/s1. The number of aliphatic hydroxyl groups is 1. The summed E-state index contributed by atoms with van der Waals surface area (Å²) in [6.07, 6.45) is 7.74. The van der Waals surface area contributed by atoms with Crippen LogP contribution in [0.4, 0.5) is 0 Å². The Kier molecular flexibility index (Phi) is 3.94. The maximum absolute atomic E-state index is 10.4. The number of hydrogen-bond donors (Lipinski definition) is 1. The minimum Gasteiger partial charge on any atom is -0.393 e. The molecule has 2 saturated carbocycles. The smallest absolute Gasteiger partial charge is 0.0576 e. The lowest BCUT2D eigenvalue weighted by molar-refractivity contribution is -0.0628. The van der Waals surface area contributed by atoms with Crippen LogP contribution in [-0.2, 0) is 0 Å². The summed E-state index contributed by atoms with van der Waals surface area (Å²) in [6.45, 7) is 6.98. The van der Waals surface area contributed by atoms with E-state index in [4.69, 9.17) is 0 Å². The van der Waals surface area contributed by atoms with Gasteiger partial charge in [-0.2, -0.15) is 0 Å². The molecule has 0 saturated heterocycles. The van der Waals surface area contributed by atoms with E-state index in [1.54, 1.807) is 0 Å². The molecule has 0 aromatic heterocycles. The van der Waals surface area contributed by atoms with E-state index in [2.05, 4.69) is 20.8 Å². The molecule has 4 unspecified atom stereocenters. The normalized spacial score (nSPS) is 48.8. The molecule has 2 aliphatic rings. The zero-order chi connectivity index (χ0) is 11.7. The van der Waals surface area contributed by atoms with Gasteiger partial charge >= 0.3 is 0 Å². The van der Waals surface area contributed by atoms with Gasteiger partial charge in [-0.05, 0) is 48.9 Å². The average molecular weight is 224 g/mol. The van der Waals surface area contributed by atoms with E-state index in [1.165, 1.54) is 32.1 Å². The number of aliphatic hydroxyl groups excluding tert-OH is 1. The molecule has 0 aliphatic heterocycles. The van der Waals surface area contributed by atoms with E-state index in [-0.39, 0.29) is 6.10 Å². The average Bonchev–Trinajstić information content (AvgIpc) is 2.29. The van der Waals surface area contributed by atoms with E-state index >= 15 is 0 Å². The van der Waals surface area contributed by atoms with Gasteiger partial charge in [0.05, 0.1) is 6.10 Å². The summed E-state index contributed by atoms with van der Waals surface area (Å²) >= 11 is 0. The maximum atomic E-state index is 10.4. The van der Waals surface area contributed by atoms with Gasteiger partial charge in [0.2, 0.25) is 0 Å². The molecule has 1 heteroatoms. The second-order valence-corrected chi connectivity index (χ2v) is 6.28. The highest BCUT2D eigenvalue weighted by atomic mass is 16.3. The number of rotatable bonds is 2. The van der Waals surface area contributed by atoms with E-state index in [9.17, 15) is 5.11 Å². The van der Waals surface area contributed by atoms with Crippen molar-refractivity contribution in [3.63, 3.8) is 0 Å². The molecule has 0 bridgehead atoms. The summed E-state index contributed by atoms with van der Waals surface area (Å²) in [5.41, 5.74) is 0. The SMILES string of the molecule is CCC1C(C)CCC2C[C@H](CC)C[C@H](O)C21. The van der Waals surface area contributed by atoms with Crippen LogP contribution in [0.5, 0.6) is 0 Å². The van der Waals surface area contributed by atoms with Crippen LogP contribution in [0.3, 0.4) is 0 Å². The predicted molar refractivity (Wildman–Crippen MR) is 68.2 cm³/mol. The third-order valence-electron chi connectivity index (χ3n) is 5.47. The molecular weight excluding hydrogens is 196 g/mol. The van der Waals surface area contributed by atoms with Gasteiger partial charge in [0, 0.05) is 0 Å². The monoisotopic (exact) mass is 224 g/mol. The van der Waals surface area contributed by atoms with Gasteiger partial charge < -0.3 is 5.11 Å². The lowest BCUT2D eigenvalue weighted by Crippen LogP contribution is -2.45. The van der Waals surface area contributed by atoms with E-state index in [0.29, 0.717) is 5.92 Å². The first-order chi connectivity index (χ1) is 7.67. The van der Waals surface area contributed by atoms with Gasteiger partial charge in [-0.15, -0.1) is 0 Å². The van der Waals surface area contributed by atoms with Crippen molar-refractivity contribution in [1.82, 2.24) is 0 Å². The topological polar surface area (TPSA) is 20.2 Å². The molecule has 1 N–H and O–H groups in total. The Morgan fingerprint density at radius 1 is 1.06 bits per heavy atom. The molecular formula is C15H28O. The van der Waals surface area contributed by atoms with Crippen molar-refractivity contribution in [2.24, 2.45) is 29.6 Å². The van der Waals surface area contributed by atoms with Gasteiger partial charge in [0.25, 0.3) is 0 Å². The zero-order valence-corrected chi connectivity index (χ0v) is 11.2. The van der Waals surface area contributed by atoms with Crippen molar-refractivity contribution in [2.45, 2.75) is 65.4 Å². The molecule has 16 heavy (non-hydrogen) atoms. The first-order valence-electron chi connectivity index (χ1n) is 7.35. The molecule has 2 rings (SSSR count). The first-order valence-corrected chi connectivity index (χ1v) is 7.35. The van der Waals surface area contributed by atoms with Crippen LogP contribution in [0.25, 0.3) is 0 Å². The summed E-state index contributed by atoms with van der Waals surface area (Å²) in [5, 5.41) is 10.4. The van der Waals surface area contributed by atoms with Gasteiger partial charge in [0.15, 0.2) is 0 Å². The fraction of sp³-hybridized carbons (Fsp3) is 1.00. The predicted octanol–water partition coefficient (Wildman–Crippen LogP) is 3.86. The Hall–Kier alpha value is -0.0400. The molecule has 0 heterocycles. The minimum atomic E-state index is -0.00333. The molecule has 6 atom stereocenters. The quantitative estimate of drug-likeness (QED) is 0.755. The van der Waals surface area contributed by atoms with Crippen molar-refractivity contribution >= 4 is 0 Å². The van der Waals surface area contributed by atoms with Crippen LogP contribution in [0, 0.1) is 29.6 Å². The van der Waals surface area contributed by atoms with Crippen LogP contribution < -0.4 is 0 Å².